The van der Waals surface area contributed by atoms with Crippen LogP contribution in [0.4, 0.5) is 0 Å². The van der Waals surface area contributed by atoms with Crippen molar-refractivity contribution in [2.45, 2.75) is 5.41 Å². The largest absolute Gasteiger partial charge is 0.309 e. The molecule has 5 heteroatoms. The number of rotatable bonds is 11. The molecule has 434 valence electrons. The van der Waals surface area contributed by atoms with Crippen molar-refractivity contribution in [2.75, 3.05) is 0 Å². The van der Waals surface area contributed by atoms with Gasteiger partial charge in [-0.25, -0.2) is 15.0 Å². The first kappa shape index (κ1) is 54.1. The average Bonchev–Trinajstić information content (AvgIpc) is 1.59. The van der Waals surface area contributed by atoms with Gasteiger partial charge in [-0.1, -0.05) is 261 Å². The molecule has 0 atom stereocenters. The molecule has 0 spiro atoms. The van der Waals surface area contributed by atoms with Crippen LogP contribution in [0.15, 0.2) is 340 Å². The van der Waals surface area contributed by atoms with E-state index in [1.165, 1.54) is 59.1 Å². The zero-order valence-electron chi connectivity index (χ0n) is 50.5. The van der Waals surface area contributed by atoms with Gasteiger partial charge in [0.1, 0.15) is 0 Å². The summed E-state index contributed by atoms with van der Waals surface area (Å²) < 4.78 is 5.05. The second-order valence-electron chi connectivity index (χ2n) is 24.2. The van der Waals surface area contributed by atoms with E-state index >= 15 is 0 Å². The fraction of sp³-hybridized carbons (Fsp3) is 0.0114. The van der Waals surface area contributed by atoms with Gasteiger partial charge in [-0.2, -0.15) is 0 Å². The number of benzene rings is 14. The van der Waals surface area contributed by atoms with E-state index in [-0.39, 0.29) is 0 Å². The normalized spacial score (nSPS) is 12.4. The van der Waals surface area contributed by atoms with Gasteiger partial charge in [-0.05, 0) is 168 Å². The van der Waals surface area contributed by atoms with Gasteiger partial charge >= 0.3 is 0 Å². The molecule has 0 amide bonds. The van der Waals surface area contributed by atoms with Gasteiger partial charge in [0.15, 0.2) is 17.5 Å². The highest BCUT2D eigenvalue weighted by atomic mass is 32.1. The van der Waals surface area contributed by atoms with Crippen molar-refractivity contribution in [3.63, 3.8) is 0 Å². The summed E-state index contributed by atoms with van der Waals surface area (Å²) in [7, 11) is 0. The highest BCUT2D eigenvalue weighted by Crippen LogP contribution is 2.57. The lowest BCUT2D eigenvalue weighted by Gasteiger charge is -2.34. The molecule has 18 rings (SSSR count). The van der Waals surface area contributed by atoms with Crippen LogP contribution in [-0.4, -0.2) is 19.5 Å². The predicted octanol–water partition coefficient (Wildman–Crippen LogP) is 23.0. The van der Waals surface area contributed by atoms with E-state index in [0.29, 0.717) is 17.5 Å². The molecule has 0 fully saturated rings. The third-order valence-electron chi connectivity index (χ3n) is 18.9. The highest BCUT2D eigenvalue weighted by Gasteiger charge is 2.46. The lowest BCUT2D eigenvalue weighted by Crippen LogP contribution is -2.28. The van der Waals surface area contributed by atoms with Gasteiger partial charge in [0, 0.05) is 53.3 Å². The van der Waals surface area contributed by atoms with E-state index in [1.54, 1.807) is 0 Å². The molecule has 93 heavy (non-hydrogen) atoms. The van der Waals surface area contributed by atoms with Crippen LogP contribution in [0.2, 0.25) is 0 Å². The fourth-order valence-corrected chi connectivity index (χ4v) is 15.7. The van der Waals surface area contributed by atoms with Crippen molar-refractivity contribution in [1.82, 2.24) is 19.5 Å². The molecule has 17 aromatic rings. The number of aromatic nitrogens is 4. The van der Waals surface area contributed by atoms with Crippen LogP contribution in [0, 0.1) is 0 Å². The Labute approximate surface area is 543 Å². The Balaban J connectivity index is 0.830. The molecule has 3 aromatic heterocycles. The van der Waals surface area contributed by atoms with E-state index < -0.39 is 5.41 Å². The Morgan fingerprint density at radius 3 is 1.38 bits per heavy atom. The smallest absolute Gasteiger partial charge is 0.164 e. The van der Waals surface area contributed by atoms with Crippen molar-refractivity contribution < 1.29 is 0 Å². The first-order valence-electron chi connectivity index (χ1n) is 31.7. The molecule has 0 bridgehead atoms. The average molecular weight is 1200 g/mol. The van der Waals surface area contributed by atoms with Crippen molar-refractivity contribution >= 4 is 53.3 Å². The zero-order chi connectivity index (χ0) is 61.4. The molecule has 1 aliphatic rings. The summed E-state index contributed by atoms with van der Waals surface area (Å²) in [5, 5.41) is 4.86. The molecule has 0 aliphatic heterocycles. The standard InChI is InChI=1S/C88H56N4S/c1-6-23-57(24-7-1)61-43-47-80-77(55-61)84-72(39-22-41-81(84)92(80)71-45-46-74-73-37-16-18-40-78(73)88(79(74)56-71,69-33-12-4-13-34-69)70-35-14-5-15-36-70)63-30-21-32-65(50-63)86-89-85(64-31-20-29-60(49-64)62-44-48-83-76(54-62)75-38-17-19-42-82(75)93-83)90-87(91-86)68-52-66(58-25-8-2-9-26-58)51-67(53-68)59-27-10-3-11-28-59/h1-56H. The van der Waals surface area contributed by atoms with E-state index in [0.717, 1.165) is 94.3 Å². The number of nitrogens with zero attached hydrogens (tertiary/aromatic N) is 4. The molecule has 3 heterocycles. The van der Waals surface area contributed by atoms with Crippen LogP contribution in [0.3, 0.4) is 0 Å². The second-order valence-corrected chi connectivity index (χ2v) is 25.3. The Morgan fingerprint density at radius 1 is 0.247 bits per heavy atom. The first-order chi connectivity index (χ1) is 46.1. The van der Waals surface area contributed by atoms with Gasteiger partial charge in [0.05, 0.1) is 16.4 Å². The van der Waals surface area contributed by atoms with Crippen LogP contribution in [0.25, 0.3) is 149 Å². The molecule has 0 radical (unpaired) electrons. The number of hydrogen-bond donors (Lipinski definition) is 0. The Bertz CT molecular complexity index is 5640. The number of thiophene rings is 1. The summed E-state index contributed by atoms with van der Waals surface area (Å²) in [4.78, 5) is 16.5. The van der Waals surface area contributed by atoms with E-state index in [1.807, 2.05) is 11.3 Å². The molecular formula is C88H56N4S. The monoisotopic (exact) mass is 1200 g/mol. The Kier molecular flexibility index (Phi) is 12.9. The molecule has 0 saturated carbocycles. The summed E-state index contributed by atoms with van der Waals surface area (Å²) in [5.74, 6) is 1.77. The minimum Gasteiger partial charge on any atom is -0.309 e. The third kappa shape index (κ3) is 9.15. The lowest BCUT2D eigenvalue weighted by atomic mass is 9.67. The van der Waals surface area contributed by atoms with Gasteiger partial charge in [0.25, 0.3) is 0 Å². The minimum absolute atomic E-state index is 0.559. The molecule has 0 N–H and O–H groups in total. The van der Waals surface area contributed by atoms with E-state index in [9.17, 15) is 0 Å². The molecule has 0 unspecified atom stereocenters. The lowest BCUT2D eigenvalue weighted by molar-refractivity contribution is 0.767. The Hall–Kier alpha value is -11.9. The van der Waals surface area contributed by atoms with Gasteiger partial charge in [-0.3, -0.25) is 0 Å². The van der Waals surface area contributed by atoms with E-state index in [2.05, 4.69) is 344 Å². The van der Waals surface area contributed by atoms with Crippen LogP contribution >= 0.6 is 11.3 Å². The van der Waals surface area contributed by atoms with Crippen molar-refractivity contribution in [1.29, 1.82) is 0 Å². The van der Waals surface area contributed by atoms with Gasteiger partial charge in [-0.15, -0.1) is 11.3 Å². The molecule has 0 saturated heterocycles. The SMILES string of the molecule is c1ccc(-c2cc(-c3ccccc3)cc(-c3nc(-c4cccc(-c5ccc6sc7ccccc7c6c5)c4)nc(-c4cccc(-c5cccc6c5c5cc(-c7ccccc7)ccc5n6-c5ccc6c(c5)C(c5ccccc5)(c5ccccc5)c5ccccc5-6)c4)n3)c2)cc1. The number of hydrogen-bond acceptors (Lipinski definition) is 4. The fourth-order valence-electron chi connectivity index (χ4n) is 14.7. The summed E-state index contributed by atoms with van der Waals surface area (Å²) in [6, 6.07) is 124. The molecule has 1 aliphatic carbocycles. The maximum atomic E-state index is 5.52. The quantitative estimate of drug-likeness (QED) is 0.130. The van der Waals surface area contributed by atoms with Crippen LogP contribution in [0.1, 0.15) is 22.3 Å². The molecule has 4 nitrogen and oxygen atoms in total. The van der Waals surface area contributed by atoms with Crippen LogP contribution < -0.4 is 0 Å². The van der Waals surface area contributed by atoms with Crippen LogP contribution in [0.5, 0.6) is 0 Å². The minimum atomic E-state index is -0.559. The topological polar surface area (TPSA) is 43.6 Å². The summed E-state index contributed by atoms with van der Waals surface area (Å²) >= 11 is 1.84. The van der Waals surface area contributed by atoms with Gasteiger partial charge < -0.3 is 4.57 Å². The maximum Gasteiger partial charge on any atom is 0.164 e. The van der Waals surface area contributed by atoms with Gasteiger partial charge in [0.2, 0.25) is 0 Å². The Morgan fingerprint density at radius 2 is 0.699 bits per heavy atom. The maximum absolute atomic E-state index is 5.52. The second kappa shape index (κ2) is 22.3. The van der Waals surface area contributed by atoms with Crippen molar-refractivity contribution in [2.24, 2.45) is 0 Å². The molecular weight excluding hydrogens is 1150 g/mol. The zero-order valence-corrected chi connectivity index (χ0v) is 51.3. The van der Waals surface area contributed by atoms with E-state index in [4.69, 9.17) is 15.0 Å². The number of fused-ring (bicyclic) bond motifs is 9. The third-order valence-corrected chi connectivity index (χ3v) is 20.1. The summed E-state index contributed by atoms with van der Waals surface area (Å²) in [6.45, 7) is 0. The van der Waals surface area contributed by atoms with Crippen molar-refractivity contribution in [3.05, 3.63) is 362 Å². The first-order valence-corrected chi connectivity index (χ1v) is 32.5. The predicted molar refractivity (Wildman–Crippen MR) is 388 cm³/mol. The molecule has 14 aromatic carbocycles. The van der Waals surface area contributed by atoms with Crippen LogP contribution in [-0.2, 0) is 5.41 Å². The highest BCUT2D eigenvalue weighted by molar-refractivity contribution is 7.25. The summed E-state index contributed by atoms with van der Waals surface area (Å²) in [6.07, 6.45) is 0. The summed E-state index contributed by atoms with van der Waals surface area (Å²) in [5.41, 5.74) is 24.1. The van der Waals surface area contributed by atoms with Crippen molar-refractivity contribution in [3.8, 4) is 107 Å².